The highest BCUT2D eigenvalue weighted by Gasteiger charge is 2.19. The van der Waals surface area contributed by atoms with E-state index in [1.165, 1.54) is 16.0 Å². The van der Waals surface area contributed by atoms with Crippen LogP contribution in [-0.4, -0.2) is 18.1 Å². The second-order valence-electron chi connectivity index (χ2n) is 6.69. The maximum atomic E-state index is 12.6. The number of rotatable bonds is 2. The number of aryl methyl sites for hydroxylation is 2. The van der Waals surface area contributed by atoms with E-state index in [4.69, 9.17) is 4.74 Å². The van der Waals surface area contributed by atoms with Crippen LogP contribution in [0, 0.1) is 6.92 Å². The van der Waals surface area contributed by atoms with E-state index >= 15 is 0 Å². The number of ether oxygens (including phenoxy) is 1. The van der Waals surface area contributed by atoms with E-state index in [0.29, 0.717) is 16.5 Å². The molecule has 132 valence electrons. The van der Waals surface area contributed by atoms with Crippen LogP contribution in [0.1, 0.15) is 23.1 Å². The number of anilines is 1. The molecule has 5 heteroatoms. The molecule has 4 rings (SSSR count). The molecule has 2 aromatic carbocycles. The summed E-state index contributed by atoms with van der Waals surface area (Å²) in [5.41, 5.74) is 4.33. The molecule has 0 radical (unpaired) electrons. The summed E-state index contributed by atoms with van der Waals surface area (Å²) in [5.74, 6) is 0.187. The van der Waals surface area contributed by atoms with Crippen molar-refractivity contribution in [1.29, 1.82) is 0 Å². The van der Waals surface area contributed by atoms with Gasteiger partial charge in [0.05, 0.1) is 11.1 Å². The van der Waals surface area contributed by atoms with Gasteiger partial charge >= 0.3 is 6.09 Å². The first kappa shape index (κ1) is 16.4. The molecule has 0 aliphatic heterocycles. The molecule has 1 aliphatic rings. The molecule has 1 heterocycles. The summed E-state index contributed by atoms with van der Waals surface area (Å²) in [7, 11) is 1.67. The van der Waals surface area contributed by atoms with Crippen molar-refractivity contribution in [3.8, 4) is 5.88 Å². The monoisotopic (exact) mass is 348 g/mol. The molecule has 0 saturated heterocycles. The first-order valence-electron chi connectivity index (χ1n) is 8.73. The Bertz CT molecular complexity index is 1070. The molecule has 1 aromatic heterocycles. The van der Waals surface area contributed by atoms with Gasteiger partial charge in [0.2, 0.25) is 5.88 Å². The highest BCUT2D eigenvalue weighted by molar-refractivity contribution is 5.89. The fourth-order valence-electron chi connectivity index (χ4n) is 3.44. The Kier molecular flexibility index (Phi) is 3.99. The summed E-state index contributed by atoms with van der Waals surface area (Å²) < 4.78 is 5.50. The van der Waals surface area contributed by atoms with Crippen LogP contribution in [0.3, 0.4) is 0 Å². The fourth-order valence-corrected chi connectivity index (χ4v) is 3.44. The molecular weight excluding hydrogens is 328 g/mol. The zero-order valence-electron chi connectivity index (χ0n) is 14.8. The van der Waals surface area contributed by atoms with Gasteiger partial charge in [0.25, 0.3) is 0 Å². The van der Waals surface area contributed by atoms with E-state index in [-0.39, 0.29) is 11.3 Å². The molecule has 0 fully saturated rings. The van der Waals surface area contributed by atoms with Gasteiger partial charge in [-0.25, -0.2) is 4.79 Å². The zero-order valence-corrected chi connectivity index (χ0v) is 14.8. The van der Waals surface area contributed by atoms with Gasteiger partial charge in [-0.15, -0.1) is 0 Å². The predicted molar refractivity (Wildman–Crippen MR) is 102 cm³/mol. The van der Waals surface area contributed by atoms with Crippen molar-refractivity contribution in [2.45, 2.75) is 26.2 Å². The van der Waals surface area contributed by atoms with Crippen LogP contribution < -0.4 is 15.1 Å². The lowest BCUT2D eigenvalue weighted by Crippen LogP contribution is -2.30. The highest BCUT2D eigenvalue weighted by Crippen LogP contribution is 2.27. The molecule has 3 aromatic rings. The minimum absolute atomic E-state index is 0.137. The van der Waals surface area contributed by atoms with Crippen LogP contribution in [-0.2, 0) is 12.8 Å². The molecule has 5 nitrogen and oxygen atoms in total. The average molecular weight is 348 g/mol. The summed E-state index contributed by atoms with van der Waals surface area (Å²) in [6.45, 7) is 1.66. The number of hydrogen-bond donors (Lipinski definition) is 1. The lowest BCUT2D eigenvalue weighted by atomic mass is 10.1. The Hall–Kier alpha value is -3.08. The largest absolute Gasteiger partial charge is 0.420 e. The number of benzene rings is 2. The minimum atomic E-state index is -0.531. The molecule has 1 amide bonds. The van der Waals surface area contributed by atoms with Gasteiger partial charge in [0.1, 0.15) is 0 Å². The molecule has 26 heavy (non-hydrogen) atoms. The Morgan fingerprint density at radius 1 is 1.12 bits per heavy atom. The first-order valence-corrected chi connectivity index (χ1v) is 8.73. The molecule has 0 saturated carbocycles. The Morgan fingerprint density at radius 2 is 1.88 bits per heavy atom. The van der Waals surface area contributed by atoms with Gasteiger partial charge in [-0.2, -0.15) is 0 Å². The van der Waals surface area contributed by atoms with Crippen molar-refractivity contribution >= 4 is 22.7 Å². The van der Waals surface area contributed by atoms with E-state index < -0.39 is 6.09 Å². The summed E-state index contributed by atoms with van der Waals surface area (Å²) in [6.07, 6.45) is 2.77. The second-order valence-corrected chi connectivity index (χ2v) is 6.69. The molecule has 0 spiro atoms. The number of nitrogens with zero attached hydrogens (tertiary/aromatic N) is 1. The average Bonchev–Trinajstić information content (AvgIpc) is 3.13. The van der Waals surface area contributed by atoms with E-state index in [0.717, 1.165) is 24.9 Å². The normalized spacial score (nSPS) is 12.8. The third-order valence-corrected chi connectivity index (χ3v) is 5.03. The number of aromatic nitrogens is 1. The number of aromatic amines is 1. The summed E-state index contributed by atoms with van der Waals surface area (Å²) in [4.78, 5) is 29.6. The molecule has 1 aliphatic carbocycles. The van der Waals surface area contributed by atoms with Crippen LogP contribution in [0.2, 0.25) is 0 Å². The van der Waals surface area contributed by atoms with Gasteiger partial charge in [-0.1, -0.05) is 18.2 Å². The number of amides is 1. The fraction of sp³-hybridized carbons (Fsp3) is 0.238. The van der Waals surface area contributed by atoms with Crippen molar-refractivity contribution in [3.63, 3.8) is 0 Å². The van der Waals surface area contributed by atoms with Crippen molar-refractivity contribution in [1.82, 2.24) is 4.98 Å². The lowest BCUT2D eigenvalue weighted by molar-refractivity contribution is 0.207. The highest BCUT2D eigenvalue weighted by atomic mass is 16.6. The molecule has 0 unspecified atom stereocenters. The SMILES string of the molecule is Cc1c(OC(=O)N(C)c2ccc3c(c2)CCC3)[nH]c2ccccc2c1=O. The summed E-state index contributed by atoms with van der Waals surface area (Å²) >= 11 is 0. The Labute approximate surface area is 151 Å². The standard InChI is InChI=1S/C21H20N2O3/c1-13-19(24)17-8-3-4-9-18(17)22-20(13)26-21(25)23(2)16-11-10-14-6-5-7-15(14)12-16/h3-4,8-12H,5-7H2,1-2H3,(H,22,24). The maximum Gasteiger partial charge on any atom is 0.420 e. The number of fused-ring (bicyclic) bond motifs is 2. The summed E-state index contributed by atoms with van der Waals surface area (Å²) in [5, 5.41) is 0.580. The molecular formula is C21H20N2O3. The van der Waals surface area contributed by atoms with Gasteiger partial charge in [0, 0.05) is 18.1 Å². The number of H-pyrrole nitrogens is 1. The number of nitrogens with one attached hydrogen (secondary N) is 1. The van der Waals surface area contributed by atoms with Crippen LogP contribution >= 0.6 is 0 Å². The molecule has 1 N–H and O–H groups in total. The number of carbonyl (C=O) groups is 1. The third kappa shape index (κ3) is 2.75. The van der Waals surface area contributed by atoms with Gasteiger partial charge in [-0.05, 0) is 61.6 Å². The number of carbonyl (C=O) groups excluding carboxylic acids is 1. The predicted octanol–water partition coefficient (Wildman–Crippen LogP) is 3.96. The van der Waals surface area contributed by atoms with Gasteiger partial charge in [0.15, 0.2) is 5.43 Å². The smallest absolute Gasteiger partial charge is 0.392 e. The summed E-state index contributed by atoms with van der Waals surface area (Å²) in [6, 6.07) is 13.2. The lowest BCUT2D eigenvalue weighted by Gasteiger charge is -2.18. The second kappa shape index (κ2) is 6.33. The van der Waals surface area contributed by atoms with Crippen LogP contribution in [0.25, 0.3) is 10.9 Å². The molecule has 0 atom stereocenters. The Morgan fingerprint density at radius 3 is 2.73 bits per heavy atom. The Balaban J connectivity index is 1.63. The van der Waals surface area contributed by atoms with Crippen molar-refractivity contribution < 1.29 is 9.53 Å². The van der Waals surface area contributed by atoms with Crippen LogP contribution in [0.15, 0.2) is 47.3 Å². The van der Waals surface area contributed by atoms with E-state index in [2.05, 4.69) is 11.1 Å². The number of pyridine rings is 1. The van der Waals surface area contributed by atoms with Crippen LogP contribution in [0.4, 0.5) is 10.5 Å². The van der Waals surface area contributed by atoms with Gasteiger partial charge in [-0.3, -0.25) is 9.69 Å². The van der Waals surface area contributed by atoms with Crippen molar-refractivity contribution in [2.75, 3.05) is 11.9 Å². The van der Waals surface area contributed by atoms with Gasteiger partial charge < -0.3 is 9.72 Å². The quantitative estimate of drug-likeness (QED) is 0.762. The zero-order chi connectivity index (χ0) is 18.3. The van der Waals surface area contributed by atoms with E-state index in [1.807, 2.05) is 24.3 Å². The maximum absolute atomic E-state index is 12.6. The van der Waals surface area contributed by atoms with E-state index in [1.54, 1.807) is 26.1 Å². The number of hydrogen-bond acceptors (Lipinski definition) is 3. The van der Waals surface area contributed by atoms with E-state index in [9.17, 15) is 9.59 Å². The van der Waals surface area contributed by atoms with Crippen molar-refractivity contribution in [2.24, 2.45) is 0 Å². The topological polar surface area (TPSA) is 62.4 Å². The first-order chi connectivity index (χ1) is 12.5. The van der Waals surface area contributed by atoms with Crippen LogP contribution in [0.5, 0.6) is 5.88 Å². The minimum Gasteiger partial charge on any atom is -0.392 e. The number of para-hydroxylation sites is 1. The third-order valence-electron chi connectivity index (χ3n) is 5.03. The van der Waals surface area contributed by atoms with Crippen molar-refractivity contribution in [3.05, 3.63) is 69.4 Å². The molecule has 0 bridgehead atoms.